The zero-order valence-corrected chi connectivity index (χ0v) is 12.4. The van der Waals surface area contributed by atoms with Crippen LogP contribution < -0.4 is 4.29 Å². The molecule has 1 aliphatic rings. The minimum atomic E-state index is 0.235. The number of aromatic nitrogens is 1. The predicted molar refractivity (Wildman–Crippen MR) is 70.3 cm³/mol. The zero-order chi connectivity index (χ0) is 12.1. The number of allylic oxidation sites excluding steroid dienone is 4. The molecule has 1 aromatic heterocycles. The van der Waals surface area contributed by atoms with E-state index < -0.39 is 0 Å². The molecule has 17 heavy (non-hydrogen) atoms. The molecule has 0 spiro atoms. The third-order valence-corrected chi connectivity index (χ3v) is 5.37. The van der Waals surface area contributed by atoms with Crippen molar-refractivity contribution in [3.8, 4) is 0 Å². The second kappa shape index (κ2) is 6.35. The van der Waals surface area contributed by atoms with Gasteiger partial charge in [0.25, 0.3) is 0 Å². The zero-order valence-electron chi connectivity index (χ0n) is 10.7. The standard InChI is InChI=1S/C10H16N.C5H5.Ru/c1-3-5-9-7-11-8-10(9)6-4-2;1-2-4-5-3-1;/h7,11H,3-6H2,1-2H3;1-3H,4H2;. The Bertz CT molecular complexity index is 426. The number of aromatic amines is 1. The van der Waals surface area contributed by atoms with E-state index in [0.29, 0.717) is 0 Å². The molecule has 0 amide bonds. The first-order chi connectivity index (χ1) is 8.35. The molecule has 0 aliphatic heterocycles. The molecule has 0 saturated heterocycles. The topological polar surface area (TPSA) is 15.8 Å². The fourth-order valence-electron chi connectivity index (χ4n) is 2.14. The van der Waals surface area contributed by atoms with E-state index in [-0.39, 0.29) is 17.1 Å². The molecule has 1 heterocycles. The first-order valence-corrected chi connectivity index (χ1v) is 8.26. The van der Waals surface area contributed by atoms with E-state index in [9.17, 15) is 0 Å². The fraction of sp³-hybridized carbons (Fsp3) is 0.467. The van der Waals surface area contributed by atoms with Crippen LogP contribution in [0.3, 0.4) is 0 Å². The summed E-state index contributed by atoms with van der Waals surface area (Å²) in [5.74, 6) is 0. The van der Waals surface area contributed by atoms with E-state index in [0.717, 1.165) is 0 Å². The summed E-state index contributed by atoms with van der Waals surface area (Å²) in [5.41, 5.74) is 3.19. The Balaban J connectivity index is 2.14. The van der Waals surface area contributed by atoms with Crippen molar-refractivity contribution in [3.05, 3.63) is 39.7 Å². The van der Waals surface area contributed by atoms with Gasteiger partial charge in [-0.05, 0) is 0 Å². The van der Waals surface area contributed by atoms with E-state index in [1.165, 1.54) is 36.4 Å². The molecule has 1 N–H and O–H groups in total. The summed E-state index contributed by atoms with van der Waals surface area (Å²) in [5, 5.41) is 0. The molecule has 94 valence electrons. The van der Waals surface area contributed by atoms with Gasteiger partial charge in [0.05, 0.1) is 0 Å². The quantitative estimate of drug-likeness (QED) is 0.774. The maximum absolute atomic E-state index is 3.54. The fourth-order valence-corrected chi connectivity index (χ4v) is 4.41. The van der Waals surface area contributed by atoms with E-state index in [1.54, 1.807) is 15.3 Å². The Labute approximate surface area is 112 Å². The average Bonchev–Trinajstić information content (AvgIpc) is 2.94. The Morgan fingerprint density at radius 2 is 2.06 bits per heavy atom. The van der Waals surface area contributed by atoms with Gasteiger partial charge in [-0.2, -0.15) is 0 Å². The molecule has 2 rings (SSSR count). The molecular formula is C15H21NRu. The van der Waals surface area contributed by atoms with Crippen molar-refractivity contribution in [2.75, 3.05) is 0 Å². The van der Waals surface area contributed by atoms with Gasteiger partial charge in [0, 0.05) is 0 Å². The van der Waals surface area contributed by atoms with Crippen LogP contribution >= 0.6 is 0 Å². The number of aryl methyl sites for hydroxylation is 1. The molecule has 0 aromatic carbocycles. The van der Waals surface area contributed by atoms with Gasteiger partial charge in [-0.25, -0.2) is 0 Å². The normalized spacial score (nSPS) is 14.6. The van der Waals surface area contributed by atoms with Crippen LogP contribution in [-0.4, -0.2) is 4.98 Å². The molecular weight excluding hydrogens is 295 g/mol. The van der Waals surface area contributed by atoms with Crippen LogP contribution in [0.15, 0.2) is 28.6 Å². The van der Waals surface area contributed by atoms with E-state index >= 15 is 0 Å². The van der Waals surface area contributed by atoms with Gasteiger partial charge in [-0.3, -0.25) is 0 Å². The van der Waals surface area contributed by atoms with Gasteiger partial charge < -0.3 is 0 Å². The van der Waals surface area contributed by atoms with Crippen LogP contribution in [-0.2, 0) is 30.0 Å². The first-order valence-electron chi connectivity index (χ1n) is 6.52. The van der Waals surface area contributed by atoms with E-state index in [1.807, 2.05) is 0 Å². The van der Waals surface area contributed by atoms with Gasteiger partial charge in [-0.1, -0.05) is 0 Å². The molecule has 0 radical (unpaired) electrons. The van der Waals surface area contributed by atoms with Crippen LogP contribution in [0.1, 0.15) is 44.2 Å². The Hall–Kier alpha value is -0.617. The summed E-state index contributed by atoms with van der Waals surface area (Å²) in [6.45, 7) is 4.54. The summed E-state index contributed by atoms with van der Waals surface area (Å²) >= 11 is 0.235. The molecule has 2 heteroatoms. The number of hydrogen-bond donors (Lipinski definition) is 1. The molecule has 1 aliphatic carbocycles. The van der Waals surface area contributed by atoms with Crippen molar-refractivity contribution < 1.29 is 17.1 Å². The Kier molecular flexibility index (Phi) is 4.79. The van der Waals surface area contributed by atoms with Gasteiger partial charge in [0.15, 0.2) is 0 Å². The molecule has 1 nitrogen and oxygen atoms in total. The average molecular weight is 316 g/mol. The van der Waals surface area contributed by atoms with Crippen LogP contribution in [0.25, 0.3) is 0 Å². The summed E-state index contributed by atoms with van der Waals surface area (Å²) in [4.78, 5) is 3.54. The second-order valence-corrected chi connectivity index (χ2v) is 6.83. The molecule has 0 atom stereocenters. The van der Waals surface area contributed by atoms with Crippen molar-refractivity contribution in [2.24, 2.45) is 0 Å². The first kappa shape index (κ1) is 12.8. The predicted octanol–water partition coefficient (Wildman–Crippen LogP) is 3.47. The van der Waals surface area contributed by atoms with E-state index in [4.69, 9.17) is 0 Å². The number of rotatable bonds is 6. The number of nitrogens with one attached hydrogen (secondary N) is 1. The molecule has 0 unspecified atom stereocenters. The van der Waals surface area contributed by atoms with Gasteiger partial charge in [-0.15, -0.1) is 0 Å². The molecule has 0 bridgehead atoms. The van der Waals surface area contributed by atoms with Crippen LogP contribution in [0.5, 0.6) is 0 Å². The second-order valence-electron chi connectivity index (χ2n) is 4.41. The Morgan fingerprint density at radius 3 is 2.71 bits per heavy atom. The molecule has 0 fully saturated rings. The third kappa shape index (κ3) is 3.19. The van der Waals surface area contributed by atoms with Crippen molar-refractivity contribution in [1.82, 2.24) is 4.98 Å². The summed E-state index contributed by atoms with van der Waals surface area (Å²) in [6, 6.07) is 0. The van der Waals surface area contributed by atoms with Gasteiger partial charge in [0.1, 0.15) is 0 Å². The Morgan fingerprint density at radius 1 is 1.24 bits per heavy atom. The van der Waals surface area contributed by atoms with Crippen molar-refractivity contribution in [1.29, 1.82) is 0 Å². The van der Waals surface area contributed by atoms with Gasteiger partial charge >= 0.3 is 112 Å². The van der Waals surface area contributed by atoms with Crippen LogP contribution in [0, 0.1) is 0 Å². The molecule has 1 aromatic rings. The summed E-state index contributed by atoms with van der Waals surface area (Å²) in [6.07, 6.45) is 15.1. The summed E-state index contributed by atoms with van der Waals surface area (Å²) < 4.78 is 3.16. The van der Waals surface area contributed by atoms with Crippen molar-refractivity contribution in [3.63, 3.8) is 0 Å². The van der Waals surface area contributed by atoms with E-state index in [2.05, 4.69) is 43.3 Å². The van der Waals surface area contributed by atoms with Crippen LogP contribution in [0.2, 0.25) is 0 Å². The number of hydrogen-bond acceptors (Lipinski definition) is 0. The SMILES string of the molecule is CCCc1c[nH][c]([Ru][C]2=CC=CC2)c1CCC. The monoisotopic (exact) mass is 317 g/mol. The van der Waals surface area contributed by atoms with Crippen LogP contribution in [0.4, 0.5) is 0 Å². The number of H-pyrrole nitrogens is 1. The minimum absolute atomic E-state index is 0.235. The van der Waals surface area contributed by atoms with Crippen molar-refractivity contribution >= 4 is 4.29 Å². The van der Waals surface area contributed by atoms with Gasteiger partial charge in [0.2, 0.25) is 0 Å². The van der Waals surface area contributed by atoms with Crippen molar-refractivity contribution in [2.45, 2.75) is 46.0 Å². The molecule has 0 saturated carbocycles. The summed E-state index contributed by atoms with van der Waals surface area (Å²) in [7, 11) is 0. The maximum atomic E-state index is 3.54. The third-order valence-electron chi connectivity index (χ3n) is 2.95.